The lowest BCUT2D eigenvalue weighted by Crippen LogP contribution is -2.17. The van der Waals surface area contributed by atoms with Crippen LogP contribution in [0.4, 0.5) is 0 Å². The van der Waals surface area contributed by atoms with E-state index in [0.717, 1.165) is 17.7 Å². The van der Waals surface area contributed by atoms with Crippen LogP contribution in [0.1, 0.15) is 25.1 Å². The lowest BCUT2D eigenvalue weighted by atomic mass is 10.1. The minimum atomic E-state index is 0.250. The highest BCUT2D eigenvalue weighted by molar-refractivity contribution is 5.08. The van der Waals surface area contributed by atoms with Gasteiger partial charge in [-0.3, -0.25) is 0 Å². The smallest absolute Gasteiger partial charge is 0.115 e. The lowest BCUT2D eigenvalue weighted by molar-refractivity contribution is 0.572. The van der Waals surface area contributed by atoms with E-state index in [1.165, 1.54) is 0 Å². The fraction of sp³-hybridized carbons (Fsp3) is 0.400. The van der Waals surface area contributed by atoms with Gasteiger partial charge in [-0.1, -0.05) is 5.57 Å². The predicted octanol–water partition coefficient (Wildman–Crippen LogP) is 1.70. The van der Waals surface area contributed by atoms with Gasteiger partial charge in [-0.15, -0.1) is 6.58 Å². The molecule has 0 saturated carbocycles. The van der Waals surface area contributed by atoms with Crippen LogP contribution in [0.5, 0.6) is 0 Å². The third kappa shape index (κ3) is 2.95. The molecule has 0 saturated heterocycles. The highest BCUT2D eigenvalue weighted by Crippen LogP contribution is 2.16. The van der Waals surface area contributed by atoms with Crippen LogP contribution in [0.2, 0.25) is 0 Å². The predicted molar refractivity (Wildman–Crippen MR) is 53.3 cm³/mol. The molecule has 13 heavy (non-hydrogen) atoms. The average molecular weight is 177 g/mol. The molecule has 1 heterocycles. The number of hydrogen-bond acceptors (Lipinski definition) is 3. The highest BCUT2D eigenvalue weighted by atomic mass is 14.9. The van der Waals surface area contributed by atoms with Crippen LogP contribution in [0.15, 0.2) is 30.7 Å². The Balaban J connectivity index is 2.73. The zero-order chi connectivity index (χ0) is 9.68. The van der Waals surface area contributed by atoms with Crippen molar-refractivity contribution in [2.45, 2.75) is 19.4 Å². The standard InChI is InChI=1S/C10H15N3/c1-8(2)6-10(11-3)9-4-5-12-7-13-9/h4-5,7,10-11H,1,6H2,2-3H3. The fourth-order valence-corrected chi connectivity index (χ4v) is 1.21. The van der Waals surface area contributed by atoms with E-state index in [4.69, 9.17) is 0 Å². The normalized spacial score (nSPS) is 12.5. The van der Waals surface area contributed by atoms with Crippen LogP contribution in [-0.2, 0) is 0 Å². The lowest BCUT2D eigenvalue weighted by Gasteiger charge is -2.14. The van der Waals surface area contributed by atoms with Gasteiger partial charge in [0.2, 0.25) is 0 Å². The first-order chi connectivity index (χ1) is 6.24. The molecule has 0 spiro atoms. The van der Waals surface area contributed by atoms with Crippen molar-refractivity contribution in [3.63, 3.8) is 0 Å². The summed E-state index contributed by atoms with van der Waals surface area (Å²) in [5.74, 6) is 0. The van der Waals surface area contributed by atoms with Crippen LogP contribution in [0, 0.1) is 0 Å². The van der Waals surface area contributed by atoms with Crippen molar-refractivity contribution < 1.29 is 0 Å². The van der Waals surface area contributed by atoms with Gasteiger partial charge in [0.15, 0.2) is 0 Å². The highest BCUT2D eigenvalue weighted by Gasteiger charge is 2.09. The summed E-state index contributed by atoms with van der Waals surface area (Å²) < 4.78 is 0. The fourth-order valence-electron chi connectivity index (χ4n) is 1.21. The van der Waals surface area contributed by atoms with E-state index in [-0.39, 0.29) is 6.04 Å². The Hall–Kier alpha value is -1.22. The molecule has 1 N–H and O–H groups in total. The molecule has 0 radical (unpaired) electrons. The van der Waals surface area contributed by atoms with E-state index in [1.807, 2.05) is 20.0 Å². The van der Waals surface area contributed by atoms with E-state index >= 15 is 0 Å². The molecule has 3 heteroatoms. The molecular weight excluding hydrogens is 162 g/mol. The van der Waals surface area contributed by atoms with Gasteiger partial charge in [0.05, 0.1) is 11.7 Å². The summed E-state index contributed by atoms with van der Waals surface area (Å²) in [7, 11) is 1.93. The number of rotatable bonds is 4. The molecule has 0 aromatic carbocycles. The van der Waals surface area contributed by atoms with Crippen molar-refractivity contribution in [2.24, 2.45) is 0 Å². The van der Waals surface area contributed by atoms with Gasteiger partial charge < -0.3 is 5.32 Å². The number of hydrogen-bond donors (Lipinski definition) is 1. The molecule has 0 fully saturated rings. The summed E-state index contributed by atoms with van der Waals surface area (Å²) in [6, 6.07) is 2.17. The Kier molecular flexibility index (Phi) is 3.58. The zero-order valence-electron chi connectivity index (χ0n) is 8.12. The first kappa shape index (κ1) is 9.86. The van der Waals surface area contributed by atoms with Crippen LogP contribution >= 0.6 is 0 Å². The molecule has 0 aliphatic rings. The summed E-state index contributed by atoms with van der Waals surface area (Å²) in [6.07, 6.45) is 4.23. The van der Waals surface area contributed by atoms with E-state index < -0.39 is 0 Å². The third-order valence-electron chi connectivity index (χ3n) is 1.86. The zero-order valence-corrected chi connectivity index (χ0v) is 8.12. The van der Waals surface area contributed by atoms with Gasteiger partial charge in [0.25, 0.3) is 0 Å². The first-order valence-electron chi connectivity index (χ1n) is 4.31. The van der Waals surface area contributed by atoms with Gasteiger partial charge in [0, 0.05) is 6.20 Å². The summed E-state index contributed by atoms with van der Waals surface area (Å²) in [5.41, 5.74) is 2.17. The molecule has 1 unspecified atom stereocenters. The average Bonchev–Trinajstić information content (AvgIpc) is 2.15. The monoisotopic (exact) mass is 177 g/mol. The largest absolute Gasteiger partial charge is 0.311 e. The SMILES string of the molecule is C=C(C)CC(NC)c1ccncn1. The molecule has 1 aromatic heterocycles. The maximum absolute atomic E-state index is 4.19. The minimum Gasteiger partial charge on any atom is -0.311 e. The topological polar surface area (TPSA) is 37.8 Å². The number of nitrogens with zero attached hydrogens (tertiary/aromatic N) is 2. The van der Waals surface area contributed by atoms with Crippen LogP contribution in [0.25, 0.3) is 0 Å². The summed E-state index contributed by atoms with van der Waals surface area (Å²) in [4.78, 5) is 8.07. The van der Waals surface area contributed by atoms with Gasteiger partial charge in [-0.2, -0.15) is 0 Å². The summed E-state index contributed by atoms with van der Waals surface area (Å²) >= 11 is 0. The van der Waals surface area contributed by atoms with Crippen molar-refractivity contribution in [3.8, 4) is 0 Å². The van der Waals surface area contributed by atoms with Gasteiger partial charge in [-0.05, 0) is 26.5 Å². The van der Waals surface area contributed by atoms with Crippen molar-refractivity contribution in [1.29, 1.82) is 0 Å². The summed E-state index contributed by atoms with van der Waals surface area (Å²) in [6.45, 7) is 5.90. The first-order valence-corrected chi connectivity index (χ1v) is 4.31. The minimum absolute atomic E-state index is 0.250. The van der Waals surface area contributed by atoms with Gasteiger partial charge in [0.1, 0.15) is 6.33 Å². The quantitative estimate of drug-likeness (QED) is 0.711. The molecular formula is C10H15N3. The maximum atomic E-state index is 4.19. The van der Waals surface area contributed by atoms with Crippen molar-refractivity contribution >= 4 is 0 Å². The summed E-state index contributed by atoms with van der Waals surface area (Å²) in [5, 5.41) is 3.20. The van der Waals surface area contributed by atoms with Crippen molar-refractivity contribution in [2.75, 3.05) is 7.05 Å². The van der Waals surface area contributed by atoms with Crippen LogP contribution in [0.3, 0.4) is 0 Å². The van der Waals surface area contributed by atoms with E-state index in [0.29, 0.717) is 0 Å². The Morgan fingerprint density at radius 3 is 2.92 bits per heavy atom. The second-order valence-corrected chi connectivity index (χ2v) is 3.14. The Morgan fingerprint density at radius 1 is 1.69 bits per heavy atom. The Bertz CT molecular complexity index is 269. The van der Waals surface area contributed by atoms with Crippen molar-refractivity contribution in [3.05, 3.63) is 36.4 Å². The van der Waals surface area contributed by atoms with Crippen LogP contribution in [-0.4, -0.2) is 17.0 Å². The molecule has 0 amide bonds. The van der Waals surface area contributed by atoms with Crippen LogP contribution < -0.4 is 5.32 Å². The van der Waals surface area contributed by atoms with E-state index in [2.05, 4.69) is 21.9 Å². The number of nitrogens with one attached hydrogen (secondary N) is 1. The molecule has 0 aliphatic carbocycles. The number of aromatic nitrogens is 2. The third-order valence-corrected chi connectivity index (χ3v) is 1.86. The second-order valence-electron chi connectivity index (χ2n) is 3.14. The van der Waals surface area contributed by atoms with E-state index in [1.54, 1.807) is 12.5 Å². The molecule has 0 bridgehead atoms. The van der Waals surface area contributed by atoms with Crippen molar-refractivity contribution in [1.82, 2.24) is 15.3 Å². The molecule has 1 aromatic rings. The van der Waals surface area contributed by atoms with Gasteiger partial charge >= 0.3 is 0 Å². The molecule has 1 atom stereocenters. The Labute approximate surface area is 78.9 Å². The van der Waals surface area contributed by atoms with Gasteiger partial charge in [-0.25, -0.2) is 9.97 Å². The van der Waals surface area contributed by atoms with E-state index in [9.17, 15) is 0 Å². The molecule has 0 aliphatic heterocycles. The Morgan fingerprint density at radius 2 is 2.46 bits per heavy atom. The molecule has 70 valence electrons. The molecule has 3 nitrogen and oxygen atoms in total. The molecule has 1 rings (SSSR count). The maximum Gasteiger partial charge on any atom is 0.115 e. The second kappa shape index (κ2) is 4.72.